The van der Waals surface area contributed by atoms with Crippen LogP contribution in [-0.2, 0) is 17.6 Å². The molecule has 1 aliphatic carbocycles. The predicted molar refractivity (Wildman–Crippen MR) is 92.6 cm³/mol. The van der Waals surface area contributed by atoms with Gasteiger partial charge in [-0.15, -0.1) is 0 Å². The van der Waals surface area contributed by atoms with Crippen LogP contribution in [0.4, 0.5) is 0 Å². The predicted octanol–water partition coefficient (Wildman–Crippen LogP) is 4.95. The van der Waals surface area contributed by atoms with Gasteiger partial charge in [0.2, 0.25) is 0 Å². The van der Waals surface area contributed by atoms with Gasteiger partial charge in [0.25, 0.3) is 0 Å². The van der Waals surface area contributed by atoms with Crippen molar-refractivity contribution in [3.63, 3.8) is 0 Å². The number of carbonyl (C=O) groups is 1. The van der Waals surface area contributed by atoms with Gasteiger partial charge in [-0.25, -0.2) is 0 Å². The lowest BCUT2D eigenvalue weighted by Gasteiger charge is -2.24. The molecule has 1 aliphatic rings. The molecular formula is C21H24O. The Kier molecular flexibility index (Phi) is 3.68. The van der Waals surface area contributed by atoms with Gasteiger partial charge in [0, 0.05) is 12.8 Å². The van der Waals surface area contributed by atoms with Crippen LogP contribution in [0.15, 0.2) is 18.2 Å². The van der Waals surface area contributed by atoms with Crippen LogP contribution in [0.3, 0.4) is 0 Å². The molecule has 2 aromatic rings. The molecule has 22 heavy (non-hydrogen) atoms. The number of carbonyl (C=O) groups excluding carboxylic acids is 1. The van der Waals surface area contributed by atoms with E-state index in [-0.39, 0.29) is 0 Å². The molecule has 0 saturated carbocycles. The molecular weight excluding hydrogens is 268 g/mol. The average molecular weight is 292 g/mol. The van der Waals surface area contributed by atoms with Gasteiger partial charge in [-0.1, -0.05) is 18.2 Å². The Morgan fingerprint density at radius 2 is 1.36 bits per heavy atom. The quantitative estimate of drug-likeness (QED) is 0.726. The molecule has 0 spiro atoms. The minimum absolute atomic E-state index is 0.370. The third kappa shape index (κ3) is 2.20. The summed E-state index contributed by atoms with van der Waals surface area (Å²) in [6.45, 7) is 11.1. The van der Waals surface area contributed by atoms with Crippen molar-refractivity contribution in [3.05, 3.63) is 57.1 Å². The molecule has 0 amide bonds. The molecule has 0 bridgehead atoms. The van der Waals surface area contributed by atoms with E-state index < -0.39 is 0 Å². The molecule has 0 radical (unpaired) electrons. The molecule has 1 heteroatoms. The summed E-state index contributed by atoms with van der Waals surface area (Å²) in [5.41, 5.74) is 12.3. The van der Waals surface area contributed by atoms with E-state index in [1.54, 1.807) is 0 Å². The first-order chi connectivity index (χ1) is 10.4. The maximum Gasteiger partial charge on any atom is 0.137 e. The average Bonchev–Trinajstić information content (AvgIpc) is 2.51. The summed E-state index contributed by atoms with van der Waals surface area (Å²) >= 11 is 0. The summed E-state index contributed by atoms with van der Waals surface area (Å²) in [6.07, 6.45) is 2.17. The van der Waals surface area contributed by atoms with E-state index in [1.165, 1.54) is 50.1 Å². The first-order valence-corrected chi connectivity index (χ1v) is 8.11. The van der Waals surface area contributed by atoms with E-state index in [9.17, 15) is 4.79 Å². The summed E-state index contributed by atoms with van der Waals surface area (Å²) in [7, 11) is 0. The van der Waals surface area contributed by atoms with Crippen molar-refractivity contribution in [3.8, 4) is 11.1 Å². The Morgan fingerprint density at radius 1 is 0.773 bits per heavy atom. The highest BCUT2D eigenvalue weighted by atomic mass is 16.1. The van der Waals surface area contributed by atoms with Crippen molar-refractivity contribution < 1.29 is 4.79 Å². The summed E-state index contributed by atoms with van der Waals surface area (Å²) in [6, 6.07) is 6.46. The van der Waals surface area contributed by atoms with Gasteiger partial charge in [0.15, 0.2) is 0 Å². The fourth-order valence-corrected chi connectivity index (χ4v) is 3.80. The van der Waals surface area contributed by atoms with Crippen molar-refractivity contribution in [1.82, 2.24) is 0 Å². The highest BCUT2D eigenvalue weighted by Gasteiger charge is 2.21. The van der Waals surface area contributed by atoms with Crippen LogP contribution in [0.5, 0.6) is 0 Å². The normalized spacial score (nSPS) is 14.1. The smallest absolute Gasteiger partial charge is 0.137 e. The minimum Gasteiger partial charge on any atom is -0.299 e. The third-order valence-electron chi connectivity index (χ3n) is 5.58. The SMILES string of the molecule is Cc1c(C)c(C)c(-c2cccc3c2CCC(=O)C3)c(C)c1C. The van der Waals surface area contributed by atoms with Gasteiger partial charge in [-0.2, -0.15) is 0 Å². The fraction of sp³-hybridized carbons (Fsp3) is 0.381. The highest BCUT2D eigenvalue weighted by molar-refractivity contribution is 5.86. The van der Waals surface area contributed by atoms with E-state index in [2.05, 4.69) is 52.8 Å². The summed E-state index contributed by atoms with van der Waals surface area (Å²) < 4.78 is 0. The lowest BCUT2D eigenvalue weighted by molar-refractivity contribution is -0.118. The van der Waals surface area contributed by atoms with E-state index >= 15 is 0 Å². The first kappa shape index (κ1) is 15.0. The maximum atomic E-state index is 11.8. The van der Waals surface area contributed by atoms with Gasteiger partial charge >= 0.3 is 0 Å². The van der Waals surface area contributed by atoms with Crippen LogP contribution in [0.2, 0.25) is 0 Å². The van der Waals surface area contributed by atoms with Crippen LogP contribution >= 0.6 is 0 Å². The van der Waals surface area contributed by atoms with Crippen molar-refractivity contribution in [1.29, 1.82) is 0 Å². The zero-order chi connectivity index (χ0) is 16.0. The molecule has 0 aliphatic heterocycles. The van der Waals surface area contributed by atoms with Crippen LogP contribution in [0.25, 0.3) is 11.1 Å². The number of Topliss-reactive ketones (excluding diaryl/α,β-unsaturated/α-hetero) is 1. The second-order valence-electron chi connectivity index (χ2n) is 6.66. The first-order valence-electron chi connectivity index (χ1n) is 8.11. The number of hydrogen-bond donors (Lipinski definition) is 0. The summed E-state index contributed by atoms with van der Waals surface area (Å²) in [5.74, 6) is 0.370. The van der Waals surface area contributed by atoms with Crippen LogP contribution < -0.4 is 0 Å². The number of ketones is 1. The van der Waals surface area contributed by atoms with Gasteiger partial charge in [0.1, 0.15) is 5.78 Å². The second-order valence-corrected chi connectivity index (χ2v) is 6.66. The van der Waals surface area contributed by atoms with E-state index in [0.29, 0.717) is 18.6 Å². The fourth-order valence-electron chi connectivity index (χ4n) is 3.80. The molecule has 0 aromatic heterocycles. The van der Waals surface area contributed by atoms with Gasteiger partial charge in [0.05, 0.1) is 0 Å². The van der Waals surface area contributed by atoms with Crippen molar-refractivity contribution >= 4 is 5.78 Å². The molecule has 114 valence electrons. The maximum absolute atomic E-state index is 11.8. The van der Waals surface area contributed by atoms with Crippen molar-refractivity contribution in [2.24, 2.45) is 0 Å². The molecule has 0 heterocycles. The Hall–Kier alpha value is -1.89. The molecule has 1 nitrogen and oxygen atoms in total. The van der Waals surface area contributed by atoms with Crippen molar-refractivity contribution in [2.75, 3.05) is 0 Å². The molecule has 2 aromatic carbocycles. The van der Waals surface area contributed by atoms with E-state index in [4.69, 9.17) is 0 Å². The number of benzene rings is 2. The van der Waals surface area contributed by atoms with Crippen LogP contribution in [0, 0.1) is 34.6 Å². The lowest BCUT2D eigenvalue weighted by Crippen LogP contribution is -2.14. The molecule has 0 atom stereocenters. The lowest BCUT2D eigenvalue weighted by atomic mass is 9.80. The molecule has 0 fully saturated rings. The number of hydrogen-bond acceptors (Lipinski definition) is 1. The zero-order valence-corrected chi connectivity index (χ0v) is 14.3. The molecule has 0 saturated heterocycles. The minimum atomic E-state index is 0.370. The Labute approximate surface area is 133 Å². The van der Waals surface area contributed by atoms with Crippen LogP contribution in [0.1, 0.15) is 45.4 Å². The topological polar surface area (TPSA) is 17.1 Å². The Morgan fingerprint density at radius 3 is 2.00 bits per heavy atom. The Bertz CT molecular complexity index is 752. The van der Waals surface area contributed by atoms with Gasteiger partial charge < -0.3 is 0 Å². The van der Waals surface area contributed by atoms with Gasteiger partial charge in [-0.3, -0.25) is 4.79 Å². The van der Waals surface area contributed by atoms with Crippen LogP contribution in [-0.4, -0.2) is 5.78 Å². The number of rotatable bonds is 1. The zero-order valence-electron chi connectivity index (χ0n) is 14.3. The van der Waals surface area contributed by atoms with Crippen molar-refractivity contribution in [2.45, 2.75) is 53.9 Å². The second kappa shape index (κ2) is 5.39. The molecule has 0 N–H and O–H groups in total. The largest absolute Gasteiger partial charge is 0.299 e. The third-order valence-corrected chi connectivity index (χ3v) is 5.58. The summed E-state index contributed by atoms with van der Waals surface area (Å²) in [4.78, 5) is 11.8. The summed E-state index contributed by atoms with van der Waals surface area (Å²) in [5, 5.41) is 0. The van der Waals surface area contributed by atoms with Gasteiger partial charge in [-0.05, 0) is 91.1 Å². The monoisotopic (exact) mass is 292 g/mol. The molecule has 0 unspecified atom stereocenters. The standard InChI is InChI=1S/C21H24O/c1-12-13(2)15(4)21(16(5)14(12)3)20-8-6-7-17-11-18(22)9-10-19(17)20/h6-8H,9-11H2,1-5H3. The van der Waals surface area contributed by atoms with E-state index in [1.807, 2.05) is 0 Å². The molecule has 3 rings (SSSR count). The Balaban J connectivity index is 2.30. The highest BCUT2D eigenvalue weighted by Crippen LogP contribution is 2.38. The van der Waals surface area contributed by atoms with E-state index in [0.717, 1.165) is 6.42 Å². The number of fused-ring (bicyclic) bond motifs is 1.